The molecule has 4 rings (SSSR count). The van der Waals surface area contributed by atoms with Crippen LogP contribution in [0.2, 0.25) is 0 Å². The highest BCUT2D eigenvalue weighted by Crippen LogP contribution is 2.33. The van der Waals surface area contributed by atoms with Gasteiger partial charge in [0.05, 0.1) is 25.1 Å². The topological polar surface area (TPSA) is 60.7 Å². The summed E-state index contributed by atoms with van der Waals surface area (Å²) in [6.07, 6.45) is 0. The average molecular weight is 400 g/mol. The van der Waals surface area contributed by atoms with Crippen LogP contribution in [0.1, 0.15) is 16.3 Å². The minimum absolute atomic E-state index is 0.585. The highest BCUT2D eigenvalue weighted by Gasteiger charge is 2.19. The molecule has 3 aromatic rings. The third-order valence-electron chi connectivity index (χ3n) is 5.09. The molecule has 1 aromatic carbocycles. The molecule has 1 saturated heterocycles. The molecule has 3 heterocycles. The van der Waals surface area contributed by atoms with Crippen LogP contribution in [-0.4, -0.2) is 49.4 Å². The van der Waals surface area contributed by atoms with Gasteiger partial charge in [-0.2, -0.15) is 0 Å². The molecule has 0 spiro atoms. The predicted molar refractivity (Wildman–Crippen MR) is 113 cm³/mol. The van der Waals surface area contributed by atoms with Gasteiger partial charge < -0.3 is 19.7 Å². The highest BCUT2D eigenvalue weighted by atomic mass is 32.1. The summed E-state index contributed by atoms with van der Waals surface area (Å²) in [7, 11) is 0. The lowest BCUT2D eigenvalue weighted by Gasteiger charge is -2.23. The van der Waals surface area contributed by atoms with E-state index in [1.54, 1.807) is 11.3 Å². The molecule has 0 saturated carbocycles. The normalized spacial score (nSPS) is 15.1. The van der Waals surface area contributed by atoms with Crippen molar-refractivity contribution in [1.82, 2.24) is 9.97 Å². The smallest absolute Gasteiger partial charge is 0.187 e. The number of rotatable bonds is 7. The zero-order valence-corrected chi connectivity index (χ0v) is 17.3. The molecule has 2 aromatic heterocycles. The van der Waals surface area contributed by atoms with Crippen molar-refractivity contribution in [2.75, 3.05) is 44.8 Å². The van der Waals surface area contributed by atoms with E-state index < -0.39 is 0 Å². The number of nitrogens with zero attached hydrogens (tertiary/aromatic N) is 2. The molecule has 1 aliphatic rings. The Hall–Kier alpha value is -2.22. The monoisotopic (exact) mass is 399 g/mol. The van der Waals surface area contributed by atoms with Gasteiger partial charge in [0.15, 0.2) is 5.82 Å². The first kappa shape index (κ1) is 19.1. The summed E-state index contributed by atoms with van der Waals surface area (Å²) in [5.74, 6) is 2.71. The summed E-state index contributed by atoms with van der Waals surface area (Å²) in [6.45, 7) is 10.1. The van der Waals surface area contributed by atoms with E-state index in [1.165, 1.54) is 15.3 Å². The number of hydrogen-bond donors (Lipinski definition) is 2. The molecule has 0 aliphatic carbocycles. The van der Waals surface area contributed by atoms with Crippen LogP contribution in [0, 0.1) is 13.8 Å². The largest absolute Gasteiger partial charge is 0.492 e. The number of anilines is 1. The van der Waals surface area contributed by atoms with Crippen LogP contribution >= 0.6 is 11.3 Å². The number of ether oxygens (including phenoxy) is 2. The van der Waals surface area contributed by atoms with Crippen LogP contribution in [0.15, 0.2) is 30.3 Å². The fourth-order valence-corrected chi connectivity index (χ4v) is 4.46. The molecule has 2 N–H and O–H groups in total. The maximum Gasteiger partial charge on any atom is 0.187 e. The van der Waals surface area contributed by atoms with Crippen molar-refractivity contribution < 1.29 is 14.4 Å². The van der Waals surface area contributed by atoms with Crippen LogP contribution in [0.4, 0.5) is 5.82 Å². The first-order valence-electron chi connectivity index (χ1n) is 9.80. The molecule has 0 radical (unpaired) electrons. The molecular formula is C21H27N4O2S+. The number of para-hydroxylation sites is 1. The second-order valence-electron chi connectivity index (χ2n) is 7.08. The number of nitrogens with one attached hydrogen (secondary N) is 2. The van der Waals surface area contributed by atoms with E-state index in [4.69, 9.17) is 19.4 Å². The van der Waals surface area contributed by atoms with Gasteiger partial charge in [-0.25, -0.2) is 9.97 Å². The number of quaternary nitrogens is 1. The van der Waals surface area contributed by atoms with Crippen LogP contribution < -0.4 is 15.0 Å². The number of hydrogen-bond acceptors (Lipinski definition) is 6. The maximum absolute atomic E-state index is 5.81. The Morgan fingerprint density at radius 2 is 1.93 bits per heavy atom. The van der Waals surface area contributed by atoms with Gasteiger partial charge in [0.25, 0.3) is 0 Å². The van der Waals surface area contributed by atoms with E-state index >= 15 is 0 Å². The van der Waals surface area contributed by atoms with Crippen molar-refractivity contribution in [1.29, 1.82) is 0 Å². The second-order valence-corrected chi connectivity index (χ2v) is 8.28. The number of thiophene rings is 1. The van der Waals surface area contributed by atoms with Crippen LogP contribution in [0.3, 0.4) is 0 Å². The molecule has 1 aliphatic heterocycles. The lowest BCUT2D eigenvalue weighted by Crippen LogP contribution is -3.12. The van der Waals surface area contributed by atoms with Crippen molar-refractivity contribution in [3.05, 3.63) is 46.6 Å². The molecule has 7 heteroatoms. The molecular weight excluding hydrogens is 372 g/mol. The zero-order valence-electron chi connectivity index (χ0n) is 16.5. The summed E-state index contributed by atoms with van der Waals surface area (Å²) < 4.78 is 11.3. The fourth-order valence-electron chi connectivity index (χ4n) is 3.42. The third kappa shape index (κ3) is 4.43. The van der Waals surface area contributed by atoms with Crippen molar-refractivity contribution in [2.45, 2.75) is 20.4 Å². The summed E-state index contributed by atoms with van der Waals surface area (Å²) in [5, 5.41) is 4.63. The lowest BCUT2D eigenvalue weighted by molar-refractivity contribution is -0.922. The first-order chi connectivity index (χ1) is 13.7. The standard InChI is InChI=1S/C21H26N4O2S/c1-15-16(2)28-21-19(15)20(22-8-11-27-17-6-4-3-5-7-17)23-18(24-21)14-25-9-12-26-13-10-25/h3-7H,8-14H2,1-2H3,(H,22,23,24)/p+1. The number of aromatic nitrogens is 2. The minimum atomic E-state index is 0.585. The number of aryl methyl sites for hydroxylation is 2. The van der Waals surface area contributed by atoms with Gasteiger partial charge >= 0.3 is 0 Å². The second kappa shape index (κ2) is 8.86. The van der Waals surface area contributed by atoms with E-state index in [2.05, 4.69) is 19.2 Å². The third-order valence-corrected chi connectivity index (χ3v) is 6.19. The Kier molecular flexibility index (Phi) is 6.04. The molecule has 6 nitrogen and oxygen atoms in total. The van der Waals surface area contributed by atoms with E-state index in [0.717, 1.165) is 60.5 Å². The molecule has 0 unspecified atom stereocenters. The SMILES string of the molecule is Cc1sc2nc(C[NH+]3CCOCC3)nc(NCCOc3ccccc3)c2c1C. The molecule has 0 atom stereocenters. The fraction of sp³-hybridized carbons (Fsp3) is 0.429. The van der Waals surface area contributed by atoms with E-state index in [9.17, 15) is 0 Å². The van der Waals surface area contributed by atoms with Gasteiger partial charge in [-0.3, -0.25) is 0 Å². The van der Waals surface area contributed by atoms with Crippen molar-refractivity contribution in [3.63, 3.8) is 0 Å². The van der Waals surface area contributed by atoms with Crippen LogP contribution in [0.25, 0.3) is 10.2 Å². The minimum Gasteiger partial charge on any atom is -0.492 e. The predicted octanol–water partition coefficient (Wildman–Crippen LogP) is 2.21. The number of fused-ring (bicyclic) bond motifs is 1. The van der Waals surface area contributed by atoms with E-state index in [0.29, 0.717) is 13.2 Å². The van der Waals surface area contributed by atoms with Crippen LogP contribution in [-0.2, 0) is 11.3 Å². The molecule has 0 amide bonds. The highest BCUT2D eigenvalue weighted by molar-refractivity contribution is 7.18. The van der Waals surface area contributed by atoms with E-state index in [1.807, 2.05) is 30.3 Å². The van der Waals surface area contributed by atoms with Crippen LogP contribution in [0.5, 0.6) is 5.75 Å². The average Bonchev–Trinajstić information content (AvgIpc) is 3.00. The summed E-state index contributed by atoms with van der Waals surface area (Å²) in [4.78, 5) is 13.6. The van der Waals surface area contributed by atoms with Crippen molar-refractivity contribution in [2.24, 2.45) is 0 Å². The van der Waals surface area contributed by atoms with Gasteiger partial charge in [-0.15, -0.1) is 11.3 Å². The van der Waals surface area contributed by atoms with Gasteiger partial charge in [-0.05, 0) is 31.5 Å². The Morgan fingerprint density at radius 1 is 1.14 bits per heavy atom. The van der Waals surface area contributed by atoms with Crippen molar-refractivity contribution >= 4 is 27.4 Å². The quantitative estimate of drug-likeness (QED) is 0.597. The zero-order chi connectivity index (χ0) is 19.3. The molecule has 0 bridgehead atoms. The first-order valence-corrected chi connectivity index (χ1v) is 10.6. The Balaban J connectivity index is 1.49. The van der Waals surface area contributed by atoms with Crippen molar-refractivity contribution in [3.8, 4) is 5.75 Å². The van der Waals surface area contributed by atoms with Gasteiger partial charge in [0.2, 0.25) is 0 Å². The summed E-state index contributed by atoms with van der Waals surface area (Å²) >= 11 is 1.75. The van der Waals surface area contributed by atoms with Gasteiger partial charge in [-0.1, -0.05) is 18.2 Å². The molecule has 148 valence electrons. The molecule has 28 heavy (non-hydrogen) atoms. The number of benzene rings is 1. The Morgan fingerprint density at radius 3 is 2.71 bits per heavy atom. The summed E-state index contributed by atoms with van der Waals surface area (Å²) in [5.41, 5.74) is 1.26. The van der Waals surface area contributed by atoms with Gasteiger partial charge in [0, 0.05) is 4.88 Å². The van der Waals surface area contributed by atoms with Gasteiger partial charge in [0.1, 0.15) is 42.6 Å². The maximum atomic E-state index is 5.81. The molecule has 1 fully saturated rings. The number of morpholine rings is 1. The summed E-state index contributed by atoms with van der Waals surface area (Å²) in [6, 6.07) is 9.89. The Labute approximate surface area is 169 Å². The Bertz CT molecular complexity index is 923. The van der Waals surface area contributed by atoms with E-state index in [-0.39, 0.29) is 0 Å². The lowest BCUT2D eigenvalue weighted by atomic mass is 10.2.